The SMILES string of the molecule is CC(=O)OCC(OC(C)=O)[C@H]1O[C@@H](OP(=O)(O)OP(=O)(O)OC[C@H]2O[C@@H](n3cnc4c(O)ncnc43)[C@H](O)[C@@H]2O)[C@@H](OC(C)=O)[C@@H](OC(C)=O)[C@@H]1OC(C)=O. The molecule has 26 nitrogen and oxygen atoms in total. The molecule has 306 valence electrons. The van der Waals surface area contributed by atoms with Crippen LogP contribution in [0, 0.1) is 0 Å². The average molecular weight is 831 g/mol. The van der Waals surface area contributed by atoms with Crippen molar-refractivity contribution in [2.75, 3.05) is 13.2 Å². The molecule has 0 radical (unpaired) electrons. The van der Waals surface area contributed by atoms with Crippen LogP contribution in [0.2, 0.25) is 0 Å². The molecule has 0 aliphatic carbocycles. The number of phosphoric acid groups is 2. The largest absolute Gasteiger partial charge is 0.492 e. The van der Waals surface area contributed by atoms with E-state index in [-0.39, 0.29) is 11.2 Å². The Labute approximate surface area is 308 Å². The summed E-state index contributed by atoms with van der Waals surface area (Å²) in [5.41, 5.74) is -0.115. The normalized spacial score (nSPS) is 29.3. The van der Waals surface area contributed by atoms with Crippen LogP contribution in [0.1, 0.15) is 40.8 Å². The molecule has 5 N–H and O–H groups in total. The number of phosphoric ester groups is 2. The molecule has 2 aromatic rings. The minimum absolute atomic E-state index is 0.0280. The van der Waals surface area contributed by atoms with Gasteiger partial charge in [-0.05, 0) is 0 Å². The van der Waals surface area contributed by atoms with Gasteiger partial charge in [0.2, 0.25) is 12.2 Å². The summed E-state index contributed by atoms with van der Waals surface area (Å²) in [6.45, 7) is 2.65. The molecule has 28 heteroatoms. The van der Waals surface area contributed by atoms with Crippen LogP contribution >= 0.6 is 15.6 Å². The Balaban J connectivity index is 1.57. The summed E-state index contributed by atoms with van der Waals surface area (Å²) in [5, 5.41) is 31.1. The lowest BCUT2D eigenvalue weighted by Gasteiger charge is -2.45. The van der Waals surface area contributed by atoms with Crippen molar-refractivity contribution in [3.05, 3.63) is 12.7 Å². The first-order chi connectivity index (χ1) is 25.6. The second-order valence-electron chi connectivity index (χ2n) is 11.6. The molecule has 3 unspecified atom stereocenters. The quantitative estimate of drug-likeness (QED) is 0.0768. The van der Waals surface area contributed by atoms with Gasteiger partial charge in [-0.25, -0.2) is 19.1 Å². The minimum Gasteiger partial charge on any atom is -0.492 e. The first-order valence-corrected chi connectivity index (χ1v) is 18.6. The number of hydrogen-bond acceptors (Lipinski definition) is 23. The molecule has 0 spiro atoms. The summed E-state index contributed by atoms with van der Waals surface area (Å²) in [6.07, 6.45) is -16.6. The number of carbonyl (C=O) groups excluding carboxylic acids is 5. The van der Waals surface area contributed by atoms with Crippen LogP contribution < -0.4 is 0 Å². The van der Waals surface area contributed by atoms with Crippen molar-refractivity contribution >= 4 is 56.7 Å². The summed E-state index contributed by atoms with van der Waals surface area (Å²) in [7, 11) is -11.7. The lowest BCUT2D eigenvalue weighted by atomic mass is 9.94. The number of aliphatic hydroxyl groups is 2. The smallest absolute Gasteiger partial charge is 0.483 e. The molecule has 2 aliphatic heterocycles. The number of aliphatic hydroxyl groups excluding tert-OH is 2. The van der Waals surface area contributed by atoms with Crippen LogP contribution in [0.25, 0.3) is 11.2 Å². The second-order valence-corrected chi connectivity index (χ2v) is 14.6. The van der Waals surface area contributed by atoms with Gasteiger partial charge in [-0.2, -0.15) is 9.29 Å². The predicted molar refractivity (Wildman–Crippen MR) is 168 cm³/mol. The molecular weight excluding hydrogens is 794 g/mol. The van der Waals surface area contributed by atoms with Crippen LogP contribution in [0.4, 0.5) is 0 Å². The standard InChI is InChI=1S/C27H36N4O22P2/c1-10(32)44-6-16(46-11(2)33)20-21(47-12(3)34)22(48-13(4)35)23(49-14(5)36)27(51-20)52-55(42,43)53-54(40,41)45-7-15-18(37)19(38)26(50-15)31-9-30-17-24(31)28-8-29-25(17)39/h8-9,15-16,18-23,26-27,37-38H,6-7H2,1-5H3,(H,40,41)(H,42,43)(H,28,29,39)/t15-,16?,18-,19-,20-,21-,22+,23+,26-,27+/m1/s1. The highest BCUT2D eigenvalue weighted by atomic mass is 31.3. The van der Waals surface area contributed by atoms with Crippen molar-refractivity contribution in [2.45, 2.75) is 96.0 Å². The Bertz CT molecular complexity index is 1860. The highest BCUT2D eigenvalue weighted by Crippen LogP contribution is 2.61. The second kappa shape index (κ2) is 17.7. The molecule has 12 atom stereocenters. The number of aromatic hydroxyl groups is 1. The first kappa shape index (κ1) is 43.5. The summed E-state index contributed by atoms with van der Waals surface area (Å²) in [4.78, 5) is 92.5. The van der Waals surface area contributed by atoms with E-state index in [1.165, 1.54) is 0 Å². The fourth-order valence-corrected chi connectivity index (χ4v) is 7.54. The molecule has 55 heavy (non-hydrogen) atoms. The van der Waals surface area contributed by atoms with Gasteiger partial charge in [-0.15, -0.1) is 0 Å². The number of ether oxygens (including phenoxy) is 7. The highest BCUT2D eigenvalue weighted by Gasteiger charge is 2.57. The highest BCUT2D eigenvalue weighted by molar-refractivity contribution is 7.61. The van der Waals surface area contributed by atoms with E-state index in [2.05, 4.69) is 19.3 Å². The molecular formula is C27H36N4O22P2. The van der Waals surface area contributed by atoms with E-state index in [0.29, 0.717) is 0 Å². The number of aromatic nitrogens is 4. The van der Waals surface area contributed by atoms with Crippen LogP contribution in [-0.4, -0.2) is 143 Å². The molecule has 2 fully saturated rings. The van der Waals surface area contributed by atoms with E-state index < -0.39 is 126 Å². The van der Waals surface area contributed by atoms with E-state index in [4.69, 9.17) is 42.2 Å². The maximum atomic E-state index is 13.2. The van der Waals surface area contributed by atoms with Gasteiger partial charge in [0.15, 0.2) is 41.8 Å². The molecule has 4 rings (SSSR count). The molecule has 4 heterocycles. The van der Waals surface area contributed by atoms with Crippen molar-refractivity contribution in [3.8, 4) is 5.88 Å². The number of carbonyl (C=O) groups is 5. The monoisotopic (exact) mass is 830 g/mol. The van der Waals surface area contributed by atoms with Gasteiger partial charge in [0.25, 0.3) is 0 Å². The summed E-state index contributed by atoms with van der Waals surface area (Å²) >= 11 is 0. The molecule has 0 amide bonds. The minimum atomic E-state index is -5.96. The first-order valence-electron chi connectivity index (χ1n) is 15.6. The Morgan fingerprint density at radius 1 is 0.818 bits per heavy atom. The summed E-state index contributed by atoms with van der Waals surface area (Å²) in [6, 6.07) is 0. The van der Waals surface area contributed by atoms with E-state index >= 15 is 0 Å². The van der Waals surface area contributed by atoms with Crippen LogP contribution in [0.5, 0.6) is 5.88 Å². The maximum Gasteiger partial charge on any atom is 0.483 e. The Kier molecular flexibility index (Phi) is 14.0. The molecule has 0 aromatic carbocycles. The molecule has 2 aromatic heterocycles. The zero-order valence-corrected chi connectivity index (χ0v) is 31.0. The van der Waals surface area contributed by atoms with Crippen molar-refractivity contribution in [1.82, 2.24) is 19.5 Å². The zero-order chi connectivity index (χ0) is 41.0. The number of rotatable bonds is 15. The Morgan fingerprint density at radius 2 is 1.44 bits per heavy atom. The number of hydrogen-bond donors (Lipinski definition) is 5. The van der Waals surface area contributed by atoms with Gasteiger partial charge in [0, 0.05) is 34.6 Å². The summed E-state index contributed by atoms with van der Waals surface area (Å²) in [5.74, 6) is -5.71. The molecule has 2 aliphatic rings. The third kappa shape index (κ3) is 11.2. The number of nitrogens with zero attached hydrogens (tertiary/aromatic N) is 4. The maximum absolute atomic E-state index is 13.2. The van der Waals surface area contributed by atoms with Crippen molar-refractivity contribution in [1.29, 1.82) is 0 Å². The summed E-state index contributed by atoms with van der Waals surface area (Å²) < 4.78 is 78.2. The third-order valence-corrected chi connectivity index (χ3v) is 9.97. The van der Waals surface area contributed by atoms with E-state index in [0.717, 1.165) is 51.8 Å². The fourth-order valence-electron chi connectivity index (χ4n) is 5.39. The lowest BCUT2D eigenvalue weighted by Crippen LogP contribution is -2.65. The number of esters is 5. The van der Waals surface area contributed by atoms with Crippen molar-refractivity contribution < 1.29 is 105 Å². The number of fused-ring (bicyclic) bond motifs is 1. The van der Waals surface area contributed by atoms with Crippen molar-refractivity contribution in [2.24, 2.45) is 0 Å². The van der Waals surface area contributed by atoms with Crippen LogP contribution in [0.3, 0.4) is 0 Å². The van der Waals surface area contributed by atoms with E-state index in [1.807, 2.05) is 0 Å². The zero-order valence-electron chi connectivity index (χ0n) is 29.2. The van der Waals surface area contributed by atoms with Gasteiger partial charge < -0.3 is 58.3 Å². The van der Waals surface area contributed by atoms with Crippen molar-refractivity contribution in [3.63, 3.8) is 0 Å². The van der Waals surface area contributed by atoms with Crippen LogP contribution in [-0.2, 0) is 79.6 Å². The van der Waals surface area contributed by atoms with Gasteiger partial charge in [-0.1, -0.05) is 0 Å². The Morgan fingerprint density at radius 3 is 2.04 bits per heavy atom. The fraction of sp³-hybridized carbons (Fsp3) is 0.630. The van der Waals surface area contributed by atoms with Gasteiger partial charge in [0.05, 0.1) is 12.9 Å². The van der Waals surface area contributed by atoms with Gasteiger partial charge >= 0.3 is 45.5 Å². The molecule has 2 saturated heterocycles. The molecule has 0 saturated carbocycles. The van der Waals surface area contributed by atoms with Gasteiger partial charge in [0.1, 0.15) is 37.4 Å². The Hall–Kier alpha value is -4.20. The van der Waals surface area contributed by atoms with E-state index in [9.17, 15) is 58.2 Å². The van der Waals surface area contributed by atoms with Gasteiger partial charge in [-0.3, -0.25) is 37.6 Å². The average Bonchev–Trinajstić information content (AvgIpc) is 3.60. The molecule has 0 bridgehead atoms. The topological polar surface area (TPSA) is 357 Å². The third-order valence-electron chi connectivity index (χ3n) is 7.37. The van der Waals surface area contributed by atoms with E-state index in [1.54, 1.807) is 0 Å². The number of imidazole rings is 1. The lowest BCUT2D eigenvalue weighted by molar-refractivity contribution is -0.301. The predicted octanol–water partition coefficient (Wildman–Crippen LogP) is -1.58. The van der Waals surface area contributed by atoms with Crippen LogP contribution in [0.15, 0.2) is 12.7 Å².